The van der Waals surface area contributed by atoms with Gasteiger partial charge in [0.15, 0.2) is 0 Å². The van der Waals surface area contributed by atoms with Crippen molar-refractivity contribution in [1.29, 1.82) is 0 Å². The lowest BCUT2D eigenvalue weighted by molar-refractivity contribution is 0.416. The van der Waals surface area contributed by atoms with Gasteiger partial charge in [0, 0.05) is 23.4 Å². The highest BCUT2D eigenvalue weighted by Crippen LogP contribution is 2.38. The van der Waals surface area contributed by atoms with Crippen molar-refractivity contribution < 1.29 is 9.13 Å². The monoisotopic (exact) mass is 433 g/mol. The number of rotatable bonds is 6. The largest absolute Gasteiger partial charge is 0.496 e. The van der Waals surface area contributed by atoms with Gasteiger partial charge in [-0.3, -0.25) is 0 Å². The van der Waals surface area contributed by atoms with Gasteiger partial charge in [0.25, 0.3) is 0 Å². The molecule has 0 aliphatic heterocycles. The van der Waals surface area contributed by atoms with Crippen LogP contribution in [0.2, 0.25) is 0 Å². The molecule has 0 amide bonds. The molecule has 2 aromatic carbocycles. The Hall–Kier alpha value is -3.25. The average molecular weight is 434 g/mol. The van der Waals surface area contributed by atoms with Gasteiger partial charge in [0.05, 0.1) is 22.7 Å². The maximum atomic E-state index is 13.1. The highest BCUT2D eigenvalue weighted by molar-refractivity contribution is 7.15. The van der Waals surface area contributed by atoms with E-state index < -0.39 is 0 Å². The number of benzene rings is 2. The van der Waals surface area contributed by atoms with Crippen LogP contribution >= 0.6 is 11.3 Å². The summed E-state index contributed by atoms with van der Waals surface area (Å²) in [4.78, 5) is 10.2. The smallest absolute Gasteiger partial charge is 0.128 e. The summed E-state index contributed by atoms with van der Waals surface area (Å²) in [5.41, 5.74) is 5.10. The van der Waals surface area contributed by atoms with Gasteiger partial charge in [-0.2, -0.15) is 0 Å². The highest BCUT2D eigenvalue weighted by atomic mass is 32.1. The number of nitrogens with zero attached hydrogens (tertiary/aromatic N) is 2. The molecule has 0 aliphatic carbocycles. The van der Waals surface area contributed by atoms with E-state index in [9.17, 15) is 4.39 Å². The first-order valence-corrected chi connectivity index (χ1v) is 10.9. The summed E-state index contributed by atoms with van der Waals surface area (Å²) in [7, 11) is 1.69. The molecular weight excluding hydrogens is 409 g/mol. The molecule has 4 aromatic rings. The molecule has 4 rings (SSSR count). The summed E-state index contributed by atoms with van der Waals surface area (Å²) < 4.78 is 18.8. The van der Waals surface area contributed by atoms with E-state index in [-0.39, 0.29) is 11.9 Å². The predicted molar refractivity (Wildman–Crippen MR) is 125 cm³/mol. The highest BCUT2D eigenvalue weighted by Gasteiger charge is 2.14. The number of pyridine rings is 1. The quantitative estimate of drug-likeness (QED) is 0.363. The van der Waals surface area contributed by atoms with Gasteiger partial charge >= 0.3 is 0 Å². The molecule has 0 fully saturated rings. The van der Waals surface area contributed by atoms with Crippen LogP contribution < -0.4 is 10.1 Å². The molecule has 0 unspecified atom stereocenters. The van der Waals surface area contributed by atoms with Gasteiger partial charge in [-0.1, -0.05) is 18.2 Å². The van der Waals surface area contributed by atoms with Gasteiger partial charge in [-0.15, -0.1) is 11.3 Å². The first kappa shape index (κ1) is 21.0. The zero-order valence-corrected chi connectivity index (χ0v) is 18.8. The molecule has 6 heteroatoms. The molecule has 4 nitrogen and oxygen atoms in total. The second-order valence-corrected chi connectivity index (χ2v) is 8.62. The third-order valence-electron chi connectivity index (χ3n) is 5.18. The number of aryl methyl sites for hydroxylation is 2. The number of halogens is 1. The second kappa shape index (κ2) is 8.86. The predicted octanol–water partition coefficient (Wildman–Crippen LogP) is 6.81. The molecule has 31 heavy (non-hydrogen) atoms. The Bertz CT molecular complexity index is 1190. The third-order valence-corrected chi connectivity index (χ3v) is 6.29. The van der Waals surface area contributed by atoms with Crippen molar-refractivity contribution in [2.45, 2.75) is 26.8 Å². The summed E-state index contributed by atoms with van der Waals surface area (Å²) in [6, 6.07) is 16.7. The molecule has 0 saturated carbocycles. The molecule has 2 aromatic heterocycles. The van der Waals surface area contributed by atoms with Crippen molar-refractivity contribution in [3.63, 3.8) is 0 Å². The van der Waals surface area contributed by atoms with Crippen LogP contribution in [-0.2, 0) is 0 Å². The van der Waals surface area contributed by atoms with Gasteiger partial charge in [-0.25, -0.2) is 14.4 Å². The van der Waals surface area contributed by atoms with Crippen LogP contribution in [0.25, 0.3) is 21.6 Å². The van der Waals surface area contributed by atoms with Crippen molar-refractivity contribution >= 4 is 17.2 Å². The fourth-order valence-corrected chi connectivity index (χ4v) is 4.50. The summed E-state index contributed by atoms with van der Waals surface area (Å²) in [6.07, 6.45) is 1.84. The van der Waals surface area contributed by atoms with E-state index in [4.69, 9.17) is 4.74 Å². The molecule has 1 atom stereocenters. The maximum absolute atomic E-state index is 13.1. The van der Waals surface area contributed by atoms with Crippen LogP contribution in [0, 0.1) is 19.7 Å². The number of hydrogen-bond donors (Lipinski definition) is 1. The van der Waals surface area contributed by atoms with E-state index in [2.05, 4.69) is 27.4 Å². The minimum atomic E-state index is -0.236. The van der Waals surface area contributed by atoms with E-state index in [1.807, 2.05) is 45.2 Å². The van der Waals surface area contributed by atoms with Crippen LogP contribution in [0.3, 0.4) is 0 Å². The number of aromatic nitrogens is 2. The van der Waals surface area contributed by atoms with E-state index in [1.54, 1.807) is 30.6 Å². The lowest BCUT2D eigenvalue weighted by Gasteiger charge is -2.15. The van der Waals surface area contributed by atoms with Crippen LogP contribution in [-0.4, -0.2) is 17.1 Å². The molecular formula is C25H24FN3OS. The standard InChI is InChI=1S/C25H24FN3OS/c1-15(18-5-9-21(26)10-6-18)29-24-12-8-20(14-27-24)19-7-11-22(23(13-19)30-4)25-16(2)28-17(3)31-25/h5-15H,1-4H3,(H,27,29)/t15-/m0/s1. The van der Waals surface area contributed by atoms with Crippen molar-refractivity contribution in [2.75, 3.05) is 12.4 Å². The van der Waals surface area contributed by atoms with Gasteiger partial charge in [0.2, 0.25) is 0 Å². The number of nitrogens with one attached hydrogen (secondary N) is 1. The van der Waals surface area contributed by atoms with Crippen LogP contribution in [0.15, 0.2) is 60.8 Å². The first-order chi connectivity index (χ1) is 14.9. The Kier molecular flexibility index (Phi) is 6.00. The molecule has 0 aliphatic rings. The van der Waals surface area contributed by atoms with Crippen molar-refractivity contribution in [1.82, 2.24) is 9.97 Å². The molecule has 0 bridgehead atoms. The maximum Gasteiger partial charge on any atom is 0.128 e. The van der Waals surface area contributed by atoms with Crippen molar-refractivity contribution in [2.24, 2.45) is 0 Å². The lowest BCUT2D eigenvalue weighted by Crippen LogP contribution is -2.07. The molecule has 2 heterocycles. The summed E-state index contributed by atoms with van der Waals surface area (Å²) >= 11 is 1.67. The van der Waals surface area contributed by atoms with Gasteiger partial charge < -0.3 is 10.1 Å². The lowest BCUT2D eigenvalue weighted by atomic mass is 10.0. The summed E-state index contributed by atoms with van der Waals surface area (Å²) in [5.74, 6) is 1.34. The molecule has 0 saturated heterocycles. The zero-order chi connectivity index (χ0) is 22.0. The number of anilines is 1. The Labute approximate surface area is 185 Å². The SMILES string of the molecule is COc1cc(-c2ccc(N[C@@H](C)c3ccc(F)cc3)nc2)ccc1-c1sc(C)nc1C. The molecule has 0 spiro atoms. The van der Waals surface area contributed by atoms with E-state index in [1.165, 1.54) is 12.1 Å². The Morgan fingerprint density at radius 2 is 1.74 bits per heavy atom. The Balaban J connectivity index is 1.54. The van der Waals surface area contributed by atoms with E-state index in [0.29, 0.717) is 0 Å². The van der Waals surface area contributed by atoms with E-state index in [0.717, 1.165) is 49.4 Å². The van der Waals surface area contributed by atoms with Crippen LogP contribution in [0.5, 0.6) is 5.75 Å². The minimum absolute atomic E-state index is 0.0180. The van der Waals surface area contributed by atoms with Gasteiger partial charge in [0.1, 0.15) is 17.4 Å². The second-order valence-electron chi connectivity index (χ2n) is 7.41. The molecule has 1 N–H and O–H groups in total. The van der Waals surface area contributed by atoms with Crippen molar-refractivity contribution in [3.8, 4) is 27.3 Å². The number of methoxy groups -OCH3 is 1. The van der Waals surface area contributed by atoms with Gasteiger partial charge in [-0.05, 0) is 68.3 Å². The van der Waals surface area contributed by atoms with E-state index >= 15 is 0 Å². The normalized spacial score (nSPS) is 11.9. The average Bonchev–Trinajstić information content (AvgIpc) is 3.12. The Morgan fingerprint density at radius 1 is 1.00 bits per heavy atom. The van der Waals surface area contributed by atoms with Crippen LogP contribution in [0.1, 0.15) is 29.2 Å². The third kappa shape index (κ3) is 4.59. The number of thiazole rings is 1. The topological polar surface area (TPSA) is 47.0 Å². The number of hydrogen-bond acceptors (Lipinski definition) is 5. The number of ether oxygens (including phenoxy) is 1. The fraction of sp³-hybridized carbons (Fsp3) is 0.200. The Morgan fingerprint density at radius 3 is 2.35 bits per heavy atom. The summed E-state index contributed by atoms with van der Waals surface area (Å²) in [6.45, 7) is 6.06. The molecule has 0 radical (unpaired) electrons. The fourth-order valence-electron chi connectivity index (χ4n) is 3.55. The summed E-state index contributed by atoms with van der Waals surface area (Å²) in [5, 5.41) is 4.40. The van der Waals surface area contributed by atoms with Crippen molar-refractivity contribution in [3.05, 3.63) is 82.9 Å². The van der Waals surface area contributed by atoms with Crippen LogP contribution in [0.4, 0.5) is 10.2 Å². The molecule has 158 valence electrons. The zero-order valence-electron chi connectivity index (χ0n) is 17.9. The first-order valence-electron chi connectivity index (χ1n) is 10.1. The minimum Gasteiger partial charge on any atom is -0.496 e.